The van der Waals surface area contributed by atoms with Gasteiger partial charge in [-0.15, -0.1) is 4.67 Å². The van der Waals surface area contributed by atoms with Gasteiger partial charge in [0.1, 0.15) is 17.3 Å². The van der Waals surface area contributed by atoms with E-state index in [4.69, 9.17) is 0 Å². The van der Waals surface area contributed by atoms with Crippen LogP contribution in [0, 0.1) is 17.5 Å². The quantitative estimate of drug-likeness (QED) is 0.242. The lowest BCUT2D eigenvalue weighted by Gasteiger charge is -2.11. The molecule has 33 heavy (non-hydrogen) atoms. The second kappa shape index (κ2) is 8.46. The molecule has 2 N–H and O–H groups in total. The predicted molar refractivity (Wildman–Crippen MR) is 124 cm³/mol. The van der Waals surface area contributed by atoms with Crippen molar-refractivity contribution in [1.82, 2.24) is 14.6 Å². The summed E-state index contributed by atoms with van der Waals surface area (Å²) in [6, 6.07) is 9.62. The largest absolute Gasteiger partial charge is 0.345 e. The van der Waals surface area contributed by atoms with Crippen LogP contribution in [-0.2, 0) is 0 Å². The van der Waals surface area contributed by atoms with E-state index in [0.717, 1.165) is 29.2 Å². The molecule has 0 bridgehead atoms. The highest BCUT2D eigenvalue weighted by atomic mass is 32.2. The SMILES string of the molecule is O=C(c1c(F)ccc(NSc2cccc(F)c2)c1F)c1c[nH]c2ncc(C3=CC=[N+]=C3)cc12. The number of hydrogen-bond donors (Lipinski definition) is 2. The summed E-state index contributed by atoms with van der Waals surface area (Å²) in [7, 11) is 0. The van der Waals surface area contributed by atoms with E-state index in [9.17, 15) is 13.6 Å². The summed E-state index contributed by atoms with van der Waals surface area (Å²) in [5.41, 5.74) is 1.24. The summed E-state index contributed by atoms with van der Waals surface area (Å²) >= 11 is 0.943. The number of pyridine rings is 1. The lowest BCUT2D eigenvalue weighted by molar-refractivity contribution is 0.103. The highest BCUT2D eigenvalue weighted by Gasteiger charge is 2.25. The molecule has 3 heterocycles. The van der Waals surface area contributed by atoms with Gasteiger partial charge in [-0.2, -0.15) is 0 Å². The molecule has 162 valence electrons. The number of aromatic nitrogens is 2. The van der Waals surface area contributed by atoms with Crippen molar-refractivity contribution >= 4 is 52.5 Å². The van der Waals surface area contributed by atoms with Crippen LogP contribution in [0.4, 0.5) is 18.9 Å². The number of carbonyl (C=O) groups is 1. The van der Waals surface area contributed by atoms with Gasteiger partial charge in [-0.05, 0) is 48.3 Å². The normalized spacial score (nSPS) is 12.4. The van der Waals surface area contributed by atoms with Crippen molar-refractivity contribution in [2.75, 3.05) is 4.72 Å². The van der Waals surface area contributed by atoms with Gasteiger partial charge in [0.25, 0.3) is 6.21 Å². The number of halogens is 3. The molecule has 5 nitrogen and oxygen atoms in total. The van der Waals surface area contributed by atoms with Crippen LogP contribution in [0.5, 0.6) is 0 Å². The number of aromatic amines is 1. The highest BCUT2D eigenvalue weighted by molar-refractivity contribution is 8.00. The maximum atomic E-state index is 15.2. The summed E-state index contributed by atoms with van der Waals surface area (Å²) in [4.78, 5) is 20.9. The number of anilines is 1. The van der Waals surface area contributed by atoms with Crippen LogP contribution >= 0.6 is 11.9 Å². The van der Waals surface area contributed by atoms with Gasteiger partial charge in [-0.25, -0.2) is 18.2 Å². The van der Waals surface area contributed by atoms with Gasteiger partial charge in [-0.3, -0.25) is 4.79 Å². The molecular formula is C24H14F3N4OS+. The average Bonchev–Trinajstić information content (AvgIpc) is 3.48. The van der Waals surface area contributed by atoms with E-state index in [1.165, 1.54) is 30.5 Å². The Labute approximate surface area is 189 Å². The van der Waals surface area contributed by atoms with Crippen LogP contribution in [0.25, 0.3) is 16.6 Å². The fourth-order valence-electron chi connectivity index (χ4n) is 3.43. The fraction of sp³-hybridized carbons (Fsp3) is 0. The van der Waals surface area contributed by atoms with Crippen molar-refractivity contribution < 1.29 is 18.0 Å². The number of nitrogens with one attached hydrogen (secondary N) is 2. The molecule has 0 fully saturated rings. The van der Waals surface area contributed by atoms with Gasteiger partial charge in [-0.1, -0.05) is 6.07 Å². The Bertz CT molecular complexity index is 1520. The number of H-pyrrole nitrogens is 1. The number of nitrogens with zero attached hydrogens (tertiary/aromatic N) is 2. The molecule has 0 aliphatic carbocycles. The Hall–Kier alpha value is -4.07. The van der Waals surface area contributed by atoms with Crippen LogP contribution in [0.1, 0.15) is 21.5 Å². The fourth-order valence-corrected chi connectivity index (χ4v) is 4.13. The third-order valence-corrected chi connectivity index (χ3v) is 5.87. The van der Waals surface area contributed by atoms with E-state index in [0.29, 0.717) is 15.9 Å². The maximum Gasteiger partial charge on any atom is 0.300 e. The topological polar surface area (TPSA) is 71.9 Å². The van der Waals surface area contributed by atoms with E-state index in [-0.39, 0.29) is 11.3 Å². The Kier molecular flexibility index (Phi) is 5.34. The second-order valence-corrected chi connectivity index (χ2v) is 8.03. The van der Waals surface area contributed by atoms with Crippen LogP contribution < -0.4 is 9.39 Å². The van der Waals surface area contributed by atoms with Gasteiger partial charge >= 0.3 is 6.21 Å². The number of allylic oxidation sites excluding steroid dienone is 2. The highest BCUT2D eigenvalue weighted by Crippen LogP contribution is 2.30. The van der Waals surface area contributed by atoms with E-state index in [1.807, 2.05) is 0 Å². The smallest absolute Gasteiger partial charge is 0.300 e. The molecule has 9 heteroatoms. The minimum atomic E-state index is -1.04. The molecule has 0 unspecified atom stereocenters. The minimum Gasteiger partial charge on any atom is -0.345 e. The number of benzene rings is 2. The summed E-state index contributed by atoms with van der Waals surface area (Å²) in [5, 5.41) is 0.435. The molecule has 0 radical (unpaired) electrons. The van der Waals surface area contributed by atoms with Crippen LogP contribution in [-0.4, -0.2) is 28.2 Å². The van der Waals surface area contributed by atoms with Crippen LogP contribution in [0.15, 0.2) is 65.8 Å². The van der Waals surface area contributed by atoms with Gasteiger partial charge < -0.3 is 9.71 Å². The molecule has 0 atom stereocenters. The minimum absolute atomic E-state index is 0.0894. The third kappa shape index (κ3) is 3.95. The lowest BCUT2D eigenvalue weighted by Crippen LogP contribution is -2.09. The Balaban J connectivity index is 1.49. The molecule has 0 saturated heterocycles. The van der Waals surface area contributed by atoms with E-state index >= 15 is 4.39 Å². The third-order valence-electron chi connectivity index (χ3n) is 5.06. The summed E-state index contributed by atoms with van der Waals surface area (Å²) in [6.45, 7) is 0. The number of hydrogen-bond acceptors (Lipinski definition) is 4. The monoisotopic (exact) mass is 463 g/mol. The van der Waals surface area contributed by atoms with Gasteiger partial charge in [0.05, 0.1) is 16.8 Å². The Morgan fingerprint density at radius 3 is 2.79 bits per heavy atom. The average molecular weight is 463 g/mol. The molecule has 5 rings (SSSR count). The second-order valence-electron chi connectivity index (χ2n) is 7.15. The maximum absolute atomic E-state index is 15.2. The van der Waals surface area contributed by atoms with Crippen LogP contribution in [0.3, 0.4) is 0 Å². The lowest BCUT2D eigenvalue weighted by atomic mass is 10.00. The van der Waals surface area contributed by atoms with Crippen molar-refractivity contribution in [3.8, 4) is 0 Å². The summed E-state index contributed by atoms with van der Waals surface area (Å²) in [5.74, 6) is -3.29. The van der Waals surface area contributed by atoms with Crippen molar-refractivity contribution in [2.45, 2.75) is 4.90 Å². The molecule has 1 aliphatic rings. The van der Waals surface area contributed by atoms with Crippen LogP contribution in [0.2, 0.25) is 0 Å². The molecule has 4 aromatic rings. The number of rotatable bonds is 6. The van der Waals surface area contributed by atoms with Crippen molar-refractivity contribution in [1.29, 1.82) is 0 Å². The van der Waals surface area contributed by atoms with E-state index < -0.39 is 28.8 Å². The number of fused-ring (bicyclic) bond motifs is 1. The first-order valence-corrected chi connectivity index (χ1v) is 10.6. The van der Waals surface area contributed by atoms with Crippen molar-refractivity contribution in [3.63, 3.8) is 0 Å². The summed E-state index contributed by atoms with van der Waals surface area (Å²) < 4.78 is 49.9. The Morgan fingerprint density at radius 1 is 1.12 bits per heavy atom. The van der Waals surface area contributed by atoms with Gasteiger partial charge in [0.15, 0.2) is 5.82 Å². The first kappa shape index (κ1) is 20.8. The predicted octanol–water partition coefficient (Wildman–Crippen LogP) is 4.94. The number of carbonyl (C=O) groups excluding carboxylic acids is 1. The van der Waals surface area contributed by atoms with Crippen molar-refractivity contribution in [2.24, 2.45) is 0 Å². The standard InChI is InChI=1S/C24H13F3N4OS/c25-15-2-1-3-16(9-15)33-31-20-5-4-19(26)21(22(20)27)23(32)18-12-30-24-17(18)8-14(11-29-24)13-6-7-28-10-13/h1-12,31H/p+1. The Morgan fingerprint density at radius 2 is 2.00 bits per heavy atom. The first-order chi connectivity index (χ1) is 16.0. The van der Waals surface area contributed by atoms with E-state index in [1.54, 1.807) is 36.8 Å². The van der Waals surface area contributed by atoms with Gasteiger partial charge in [0.2, 0.25) is 5.78 Å². The molecule has 0 saturated carbocycles. The molecule has 0 spiro atoms. The van der Waals surface area contributed by atoms with E-state index in [2.05, 4.69) is 19.4 Å². The zero-order valence-corrected chi connectivity index (χ0v) is 17.6. The summed E-state index contributed by atoms with van der Waals surface area (Å²) in [6.07, 6.45) is 8.09. The molecule has 2 aromatic carbocycles. The van der Waals surface area contributed by atoms with Crippen molar-refractivity contribution in [3.05, 3.63) is 95.1 Å². The molecule has 0 amide bonds. The zero-order chi connectivity index (χ0) is 22.9. The molecular weight excluding hydrogens is 449 g/mol. The first-order valence-electron chi connectivity index (χ1n) is 9.76. The molecule has 1 aliphatic heterocycles. The zero-order valence-electron chi connectivity index (χ0n) is 16.8. The molecule has 2 aromatic heterocycles. The number of ketones is 1. The van der Waals surface area contributed by atoms with Gasteiger partial charge in [0, 0.05) is 39.9 Å².